The number of likely N-dealkylation sites (N-methyl/N-ethyl adjacent to an activating group) is 1. The third-order valence-electron chi connectivity index (χ3n) is 3.42. The van der Waals surface area contributed by atoms with Gasteiger partial charge in [0.1, 0.15) is 0 Å². The minimum atomic E-state index is -4.34. The standard InChI is InChI=1S/C15H18F3N3/c1-3-21(2)9-8-20-13-6-7-19-14-10-11(15(16,17)18)4-5-12(13)14/h4-7,10H,3,8-9H2,1-2H3,(H,19,20). The first-order valence-corrected chi connectivity index (χ1v) is 6.80. The molecule has 0 atom stereocenters. The van der Waals surface area contributed by atoms with Crippen molar-refractivity contribution < 1.29 is 13.2 Å². The van der Waals surface area contributed by atoms with Gasteiger partial charge in [-0.05, 0) is 31.8 Å². The molecule has 1 heterocycles. The Morgan fingerprint density at radius 1 is 1.24 bits per heavy atom. The van der Waals surface area contributed by atoms with E-state index in [1.54, 1.807) is 6.07 Å². The lowest BCUT2D eigenvalue weighted by molar-refractivity contribution is -0.137. The first kappa shape index (κ1) is 15.6. The highest BCUT2D eigenvalue weighted by atomic mass is 19.4. The third-order valence-corrected chi connectivity index (χ3v) is 3.42. The quantitative estimate of drug-likeness (QED) is 0.913. The van der Waals surface area contributed by atoms with Gasteiger partial charge in [0.05, 0.1) is 11.1 Å². The van der Waals surface area contributed by atoms with Crippen molar-refractivity contribution in [3.05, 3.63) is 36.0 Å². The van der Waals surface area contributed by atoms with E-state index in [1.165, 1.54) is 12.3 Å². The Morgan fingerprint density at radius 3 is 2.67 bits per heavy atom. The van der Waals surface area contributed by atoms with Crippen LogP contribution in [0.2, 0.25) is 0 Å². The predicted octanol–water partition coefficient (Wildman–Crippen LogP) is 3.62. The van der Waals surface area contributed by atoms with Gasteiger partial charge in [-0.3, -0.25) is 4.98 Å². The van der Waals surface area contributed by atoms with Gasteiger partial charge in [-0.2, -0.15) is 13.2 Å². The molecule has 3 nitrogen and oxygen atoms in total. The average Bonchev–Trinajstić information content (AvgIpc) is 2.45. The third kappa shape index (κ3) is 3.85. The number of pyridine rings is 1. The van der Waals surface area contributed by atoms with Crippen molar-refractivity contribution in [1.82, 2.24) is 9.88 Å². The van der Waals surface area contributed by atoms with Gasteiger partial charge in [-0.1, -0.05) is 13.0 Å². The minimum absolute atomic E-state index is 0.346. The van der Waals surface area contributed by atoms with Crippen molar-refractivity contribution in [3.63, 3.8) is 0 Å². The normalized spacial score (nSPS) is 12.1. The summed E-state index contributed by atoms with van der Waals surface area (Å²) in [5.41, 5.74) is 0.474. The van der Waals surface area contributed by atoms with E-state index in [2.05, 4.69) is 22.1 Å². The van der Waals surface area contributed by atoms with Crippen LogP contribution in [0.25, 0.3) is 10.9 Å². The number of fused-ring (bicyclic) bond motifs is 1. The summed E-state index contributed by atoms with van der Waals surface area (Å²) in [5, 5.41) is 3.95. The molecule has 0 radical (unpaired) electrons. The number of anilines is 1. The molecule has 0 amide bonds. The van der Waals surface area contributed by atoms with Gasteiger partial charge in [0.25, 0.3) is 0 Å². The molecule has 0 bridgehead atoms. The highest BCUT2D eigenvalue weighted by Crippen LogP contribution is 2.32. The van der Waals surface area contributed by atoms with Gasteiger partial charge in [0.15, 0.2) is 0 Å². The molecule has 6 heteroatoms. The highest BCUT2D eigenvalue weighted by molar-refractivity contribution is 5.91. The first-order chi connectivity index (χ1) is 9.91. The molecule has 0 spiro atoms. The second-order valence-corrected chi connectivity index (χ2v) is 4.91. The van der Waals surface area contributed by atoms with Crippen molar-refractivity contribution >= 4 is 16.6 Å². The molecule has 0 aliphatic heterocycles. The van der Waals surface area contributed by atoms with Crippen LogP contribution in [0.4, 0.5) is 18.9 Å². The lowest BCUT2D eigenvalue weighted by Crippen LogP contribution is -2.24. The van der Waals surface area contributed by atoms with E-state index in [9.17, 15) is 13.2 Å². The number of nitrogens with zero attached hydrogens (tertiary/aromatic N) is 2. The number of aromatic nitrogens is 1. The molecule has 114 valence electrons. The summed E-state index contributed by atoms with van der Waals surface area (Å²) in [6.45, 7) is 4.61. The highest BCUT2D eigenvalue weighted by Gasteiger charge is 2.30. The van der Waals surface area contributed by atoms with E-state index >= 15 is 0 Å². The summed E-state index contributed by atoms with van der Waals surface area (Å²) < 4.78 is 38.1. The van der Waals surface area contributed by atoms with Crippen LogP contribution in [0.5, 0.6) is 0 Å². The topological polar surface area (TPSA) is 28.2 Å². The lowest BCUT2D eigenvalue weighted by Gasteiger charge is -2.16. The molecule has 1 N–H and O–H groups in total. The maximum absolute atomic E-state index is 12.7. The molecule has 2 aromatic rings. The fourth-order valence-electron chi connectivity index (χ4n) is 2.02. The smallest absolute Gasteiger partial charge is 0.383 e. The van der Waals surface area contributed by atoms with E-state index < -0.39 is 11.7 Å². The van der Waals surface area contributed by atoms with Crippen molar-refractivity contribution in [1.29, 1.82) is 0 Å². The number of hydrogen-bond donors (Lipinski definition) is 1. The van der Waals surface area contributed by atoms with Crippen LogP contribution in [-0.2, 0) is 6.18 Å². The maximum Gasteiger partial charge on any atom is 0.416 e. The Balaban J connectivity index is 2.22. The van der Waals surface area contributed by atoms with E-state index in [0.717, 1.165) is 37.5 Å². The van der Waals surface area contributed by atoms with Gasteiger partial charge < -0.3 is 10.2 Å². The van der Waals surface area contributed by atoms with Crippen LogP contribution >= 0.6 is 0 Å². The van der Waals surface area contributed by atoms with Gasteiger partial charge in [0, 0.05) is 30.4 Å². The Labute approximate surface area is 121 Å². The van der Waals surface area contributed by atoms with Gasteiger partial charge in [-0.15, -0.1) is 0 Å². The molecular formula is C15H18F3N3. The monoisotopic (exact) mass is 297 g/mol. The average molecular weight is 297 g/mol. The number of benzene rings is 1. The SMILES string of the molecule is CCN(C)CCNc1ccnc2cc(C(F)(F)F)ccc12. The second kappa shape index (κ2) is 6.30. The summed E-state index contributed by atoms with van der Waals surface area (Å²) in [7, 11) is 2.02. The van der Waals surface area contributed by atoms with Crippen LogP contribution in [0, 0.1) is 0 Å². The van der Waals surface area contributed by atoms with Gasteiger partial charge in [-0.25, -0.2) is 0 Å². The fourth-order valence-corrected chi connectivity index (χ4v) is 2.02. The summed E-state index contributed by atoms with van der Waals surface area (Å²) in [4.78, 5) is 6.18. The molecule has 0 saturated heterocycles. The van der Waals surface area contributed by atoms with Crippen molar-refractivity contribution in [2.75, 3.05) is 32.0 Å². The van der Waals surface area contributed by atoms with E-state index in [1.807, 2.05) is 7.05 Å². The summed E-state index contributed by atoms with van der Waals surface area (Å²) in [6, 6.07) is 5.42. The first-order valence-electron chi connectivity index (χ1n) is 6.80. The summed E-state index contributed by atoms with van der Waals surface area (Å²) in [5.74, 6) is 0. The van der Waals surface area contributed by atoms with Crippen molar-refractivity contribution in [3.8, 4) is 0 Å². The molecule has 1 aromatic carbocycles. The zero-order valence-electron chi connectivity index (χ0n) is 12.0. The molecule has 0 aliphatic carbocycles. The molecule has 1 aromatic heterocycles. The molecule has 0 fully saturated rings. The molecular weight excluding hydrogens is 279 g/mol. The molecule has 21 heavy (non-hydrogen) atoms. The Morgan fingerprint density at radius 2 is 2.00 bits per heavy atom. The fraction of sp³-hybridized carbons (Fsp3) is 0.400. The van der Waals surface area contributed by atoms with Crippen molar-refractivity contribution in [2.24, 2.45) is 0 Å². The van der Waals surface area contributed by atoms with Gasteiger partial charge in [0.2, 0.25) is 0 Å². The number of hydrogen-bond acceptors (Lipinski definition) is 3. The molecule has 0 unspecified atom stereocenters. The molecule has 2 rings (SSSR count). The Hall–Kier alpha value is -1.82. The lowest BCUT2D eigenvalue weighted by atomic mass is 10.1. The van der Waals surface area contributed by atoms with Crippen LogP contribution in [-0.4, -0.2) is 36.6 Å². The second-order valence-electron chi connectivity index (χ2n) is 4.91. The maximum atomic E-state index is 12.7. The van der Waals surface area contributed by atoms with Gasteiger partial charge >= 0.3 is 6.18 Å². The Kier molecular flexibility index (Phi) is 4.67. The summed E-state index contributed by atoms with van der Waals surface area (Å²) >= 11 is 0. The number of alkyl halides is 3. The summed E-state index contributed by atoms with van der Waals surface area (Å²) in [6.07, 6.45) is -2.82. The van der Waals surface area contributed by atoms with Crippen LogP contribution in [0.1, 0.15) is 12.5 Å². The van der Waals surface area contributed by atoms with Crippen molar-refractivity contribution in [2.45, 2.75) is 13.1 Å². The number of halogens is 3. The minimum Gasteiger partial charge on any atom is -0.383 e. The largest absolute Gasteiger partial charge is 0.416 e. The molecule has 0 saturated carbocycles. The number of rotatable bonds is 5. The number of nitrogens with one attached hydrogen (secondary N) is 1. The van der Waals surface area contributed by atoms with Crippen LogP contribution in [0.3, 0.4) is 0 Å². The predicted molar refractivity (Wildman–Crippen MR) is 78.4 cm³/mol. The zero-order chi connectivity index (χ0) is 15.5. The zero-order valence-corrected chi connectivity index (χ0v) is 12.0. The Bertz CT molecular complexity index is 611. The van der Waals surface area contributed by atoms with E-state index in [-0.39, 0.29) is 0 Å². The van der Waals surface area contributed by atoms with Crippen LogP contribution in [0.15, 0.2) is 30.5 Å². The van der Waals surface area contributed by atoms with Crippen LogP contribution < -0.4 is 5.32 Å². The van der Waals surface area contributed by atoms with E-state index in [0.29, 0.717) is 10.9 Å². The van der Waals surface area contributed by atoms with E-state index in [4.69, 9.17) is 0 Å². The molecule has 0 aliphatic rings.